The monoisotopic (exact) mass is 293 g/mol. The van der Waals surface area contributed by atoms with Crippen LogP contribution in [-0.2, 0) is 0 Å². The summed E-state index contributed by atoms with van der Waals surface area (Å²) in [6, 6.07) is 9.95. The molecule has 92 valence electrons. The first-order valence-corrected chi connectivity index (χ1v) is 7.91. The third-order valence-corrected chi connectivity index (χ3v) is 5.21. The number of hydrogen-bond acceptors (Lipinski definition) is 3. The van der Waals surface area contributed by atoms with Gasteiger partial charge < -0.3 is 0 Å². The summed E-state index contributed by atoms with van der Waals surface area (Å²) in [5, 5.41) is 12.1. The van der Waals surface area contributed by atoms with Crippen LogP contribution in [0, 0.1) is 11.3 Å². The van der Waals surface area contributed by atoms with E-state index in [2.05, 4.69) is 18.4 Å². The van der Waals surface area contributed by atoms with Gasteiger partial charge in [-0.25, -0.2) is 0 Å². The Morgan fingerprint density at radius 1 is 1.33 bits per heavy atom. The van der Waals surface area contributed by atoms with Gasteiger partial charge in [-0.2, -0.15) is 5.26 Å². The molecule has 0 aliphatic heterocycles. The summed E-state index contributed by atoms with van der Waals surface area (Å²) in [5.74, 6) is 1.05. The molecule has 1 aromatic carbocycles. The fourth-order valence-electron chi connectivity index (χ4n) is 1.59. The van der Waals surface area contributed by atoms with Crippen molar-refractivity contribution < 1.29 is 0 Å². The zero-order valence-electron chi connectivity index (χ0n) is 9.94. The number of thioether (sulfide) groups is 1. The number of benzene rings is 1. The lowest BCUT2D eigenvalue weighted by Crippen LogP contribution is -1.81. The smallest absolute Gasteiger partial charge is 0.102 e. The van der Waals surface area contributed by atoms with Gasteiger partial charge in [0.05, 0.1) is 9.77 Å². The summed E-state index contributed by atoms with van der Waals surface area (Å²) in [4.78, 5) is 0. The molecule has 0 radical (unpaired) electrons. The molecule has 0 spiro atoms. The van der Waals surface area contributed by atoms with Crippen molar-refractivity contribution >= 4 is 34.7 Å². The van der Waals surface area contributed by atoms with Gasteiger partial charge in [-0.05, 0) is 29.9 Å². The molecular weight excluding hydrogens is 282 g/mol. The lowest BCUT2D eigenvalue weighted by atomic mass is 10.1. The Kier molecular flexibility index (Phi) is 4.71. The standard InChI is InChI=1S/C14H12ClNS2/c1-2-7-17-14-12(8-16)13(9-18-14)10-3-5-11(15)6-4-10/h3-6,9H,2,7H2,1H3. The van der Waals surface area contributed by atoms with Crippen LogP contribution in [0.15, 0.2) is 33.9 Å². The molecule has 4 heteroatoms. The Balaban J connectivity index is 2.37. The van der Waals surface area contributed by atoms with E-state index in [1.54, 1.807) is 23.1 Å². The van der Waals surface area contributed by atoms with Crippen LogP contribution in [0.2, 0.25) is 5.02 Å². The van der Waals surface area contributed by atoms with Crippen molar-refractivity contribution in [1.29, 1.82) is 5.26 Å². The van der Waals surface area contributed by atoms with Gasteiger partial charge >= 0.3 is 0 Å². The molecule has 0 saturated carbocycles. The zero-order chi connectivity index (χ0) is 13.0. The highest BCUT2D eigenvalue weighted by atomic mass is 35.5. The minimum absolute atomic E-state index is 0.716. The highest BCUT2D eigenvalue weighted by Gasteiger charge is 2.13. The number of halogens is 1. The Hall–Kier alpha value is -0.950. The molecule has 1 aromatic heterocycles. The van der Waals surface area contributed by atoms with Crippen molar-refractivity contribution in [2.45, 2.75) is 17.6 Å². The maximum absolute atomic E-state index is 9.32. The molecule has 0 atom stereocenters. The number of rotatable bonds is 4. The largest absolute Gasteiger partial charge is 0.192 e. The molecular formula is C14H12ClNS2. The summed E-state index contributed by atoms with van der Waals surface area (Å²) in [5.41, 5.74) is 2.86. The van der Waals surface area contributed by atoms with E-state index in [1.165, 1.54) is 0 Å². The van der Waals surface area contributed by atoms with Gasteiger partial charge in [0.25, 0.3) is 0 Å². The first kappa shape index (κ1) is 13.5. The van der Waals surface area contributed by atoms with Crippen LogP contribution in [0.25, 0.3) is 11.1 Å². The normalized spacial score (nSPS) is 10.3. The predicted molar refractivity (Wildman–Crippen MR) is 80.5 cm³/mol. The summed E-state index contributed by atoms with van der Waals surface area (Å²) in [7, 11) is 0. The number of hydrogen-bond donors (Lipinski definition) is 0. The van der Waals surface area contributed by atoms with Crippen LogP contribution in [0.4, 0.5) is 0 Å². The highest BCUT2D eigenvalue weighted by Crippen LogP contribution is 2.37. The molecule has 0 amide bonds. The van der Waals surface area contributed by atoms with Crippen LogP contribution in [-0.4, -0.2) is 5.75 Å². The second-order valence-corrected chi connectivity index (χ2v) is 6.46. The Bertz CT molecular complexity index is 566. The lowest BCUT2D eigenvalue weighted by molar-refractivity contribution is 1.11. The quantitative estimate of drug-likeness (QED) is 0.701. The summed E-state index contributed by atoms with van der Waals surface area (Å²) in [6.45, 7) is 2.15. The average Bonchev–Trinajstić information content (AvgIpc) is 2.80. The lowest BCUT2D eigenvalue weighted by Gasteiger charge is -2.00. The molecule has 18 heavy (non-hydrogen) atoms. The summed E-state index contributed by atoms with van der Waals surface area (Å²) in [6.07, 6.45) is 1.11. The molecule has 0 bridgehead atoms. The van der Waals surface area contributed by atoms with Crippen molar-refractivity contribution in [3.63, 3.8) is 0 Å². The minimum Gasteiger partial charge on any atom is -0.192 e. The van der Waals surface area contributed by atoms with Crippen LogP contribution in [0.1, 0.15) is 18.9 Å². The topological polar surface area (TPSA) is 23.8 Å². The van der Waals surface area contributed by atoms with E-state index in [4.69, 9.17) is 11.6 Å². The average molecular weight is 294 g/mol. The fourth-order valence-corrected chi connectivity index (χ4v) is 3.82. The first-order valence-electron chi connectivity index (χ1n) is 5.66. The van der Waals surface area contributed by atoms with Crippen LogP contribution < -0.4 is 0 Å². The Morgan fingerprint density at radius 3 is 2.67 bits per heavy atom. The molecule has 0 saturated heterocycles. The summed E-state index contributed by atoms with van der Waals surface area (Å²) >= 11 is 9.29. The fraction of sp³-hybridized carbons (Fsp3) is 0.214. The van der Waals surface area contributed by atoms with Gasteiger partial charge in [0.1, 0.15) is 6.07 Å². The van der Waals surface area contributed by atoms with E-state index in [0.717, 1.165) is 33.1 Å². The van der Waals surface area contributed by atoms with Crippen molar-refractivity contribution in [1.82, 2.24) is 0 Å². The minimum atomic E-state index is 0.716. The molecule has 0 unspecified atom stereocenters. The third kappa shape index (κ3) is 2.89. The Morgan fingerprint density at radius 2 is 2.06 bits per heavy atom. The molecule has 2 rings (SSSR count). The predicted octanol–water partition coefficient (Wildman–Crippen LogP) is 5.44. The van der Waals surface area contributed by atoms with E-state index in [0.29, 0.717) is 5.02 Å². The van der Waals surface area contributed by atoms with E-state index < -0.39 is 0 Å². The molecule has 2 aromatic rings. The maximum atomic E-state index is 9.32. The van der Waals surface area contributed by atoms with Crippen LogP contribution in [0.3, 0.4) is 0 Å². The Labute approximate surface area is 120 Å². The van der Waals surface area contributed by atoms with E-state index in [-0.39, 0.29) is 0 Å². The van der Waals surface area contributed by atoms with Crippen LogP contribution >= 0.6 is 34.7 Å². The molecule has 1 heterocycles. The molecule has 0 N–H and O–H groups in total. The van der Waals surface area contributed by atoms with Crippen molar-refractivity contribution in [2.75, 3.05) is 5.75 Å². The van der Waals surface area contributed by atoms with Crippen LogP contribution in [0.5, 0.6) is 0 Å². The van der Waals surface area contributed by atoms with Crippen molar-refractivity contribution in [2.24, 2.45) is 0 Å². The van der Waals surface area contributed by atoms with E-state index in [9.17, 15) is 5.26 Å². The second kappa shape index (κ2) is 6.29. The number of thiophene rings is 1. The van der Waals surface area contributed by atoms with Crippen molar-refractivity contribution in [3.8, 4) is 17.2 Å². The second-order valence-electron chi connectivity index (χ2n) is 3.78. The van der Waals surface area contributed by atoms with Gasteiger partial charge in [-0.1, -0.05) is 30.7 Å². The number of nitrogens with zero attached hydrogens (tertiary/aromatic N) is 1. The molecule has 0 fully saturated rings. The van der Waals surface area contributed by atoms with E-state index >= 15 is 0 Å². The van der Waals surface area contributed by atoms with Gasteiger partial charge in [0.2, 0.25) is 0 Å². The van der Waals surface area contributed by atoms with Crippen molar-refractivity contribution in [3.05, 3.63) is 40.2 Å². The molecule has 1 nitrogen and oxygen atoms in total. The third-order valence-electron chi connectivity index (χ3n) is 2.46. The number of nitriles is 1. The molecule has 0 aliphatic rings. The highest BCUT2D eigenvalue weighted by molar-refractivity contribution is 8.01. The van der Waals surface area contributed by atoms with E-state index in [1.807, 2.05) is 24.3 Å². The first-order chi connectivity index (χ1) is 8.76. The van der Waals surface area contributed by atoms with Gasteiger partial charge in [-0.3, -0.25) is 0 Å². The summed E-state index contributed by atoms with van der Waals surface area (Å²) < 4.78 is 1.12. The molecule has 0 aliphatic carbocycles. The zero-order valence-corrected chi connectivity index (χ0v) is 12.3. The SMILES string of the molecule is CCCSc1scc(-c2ccc(Cl)cc2)c1C#N. The van der Waals surface area contributed by atoms with Gasteiger partial charge in [0.15, 0.2) is 0 Å². The van der Waals surface area contributed by atoms with Gasteiger partial charge in [-0.15, -0.1) is 23.1 Å². The maximum Gasteiger partial charge on any atom is 0.102 e. The van der Waals surface area contributed by atoms with Gasteiger partial charge in [0, 0.05) is 16.0 Å².